The predicted molar refractivity (Wildman–Crippen MR) is 61.0 cm³/mol. The molecular weight excluding hydrogens is 206 g/mol. The summed E-state index contributed by atoms with van der Waals surface area (Å²) in [6.45, 7) is 1.98. The second-order valence-electron chi connectivity index (χ2n) is 3.33. The molecule has 0 fully saturated rings. The first-order valence-electron chi connectivity index (χ1n) is 5.21. The van der Waals surface area contributed by atoms with Crippen LogP contribution in [0.5, 0.6) is 0 Å². The van der Waals surface area contributed by atoms with Crippen LogP contribution in [0.15, 0.2) is 24.3 Å². The van der Waals surface area contributed by atoms with Crippen LogP contribution in [-0.2, 0) is 4.79 Å². The average Bonchev–Trinajstić information content (AvgIpc) is 2.75. The Morgan fingerprint density at radius 2 is 2.19 bits per heavy atom. The largest absolute Gasteiger partial charge is 0.481 e. The first-order chi connectivity index (χ1) is 7.74. The number of hydrogen-bond acceptors (Lipinski definition) is 3. The summed E-state index contributed by atoms with van der Waals surface area (Å²) < 4.78 is 0. The Kier molecular flexibility index (Phi) is 4.98. The molecule has 5 heteroatoms. The minimum atomic E-state index is -0.693. The lowest BCUT2D eigenvalue weighted by atomic mass is 10.3. The van der Waals surface area contributed by atoms with E-state index in [-0.39, 0.29) is 0 Å². The maximum atomic E-state index is 9.76. The number of benzene rings is 1. The van der Waals surface area contributed by atoms with Gasteiger partial charge in [-0.25, -0.2) is 0 Å². The van der Waals surface area contributed by atoms with E-state index in [1.165, 1.54) is 0 Å². The van der Waals surface area contributed by atoms with Crippen molar-refractivity contribution in [2.24, 2.45) is 0 Å². The summed E-state index contributed by atoms with van der Waals surface area (Å²) in [7, 11) is 0. The zero-order chi connectivity index (χ0) is 11.8. The van der Waals surface area contributed by atoms with Gasteiger partial charge < -0.3 is 5.11 Å². The van der Waals surface area contributed by atoms with Gasteiger partial charge in [0.1, 0.15) is 5.52 Å². The minimum absolute atomic E-state index is 0.316. The van der Waals surface area contributed by atoms with Gasteiger partial charge in [-0.15, -0.1) is 5.10 Å². The zero-order valence-electron chi connectivity index (χ0n) is 9.18. The molecule has 0 saturated carbocycles. The van der Waals surface area contributed by atoms with Crippen molar-refractivity contribution in [2.45, 2.75) is 26.2 Å². The Hall–Kier alpha value is -1.91. The van der Waals surface area contributed by atoms with Crippen LogP contribution < -0.4 is 0 Å². The fourth-order valence-electron chi connectivity index (χ4n) is 1.12. The molecule has 0 amide bonds. The van der Waals surface area contributed by atoms with Crippen LogP contribution in [0.25, 0.3) is 11.0 Å². The summed E-state index contributed by atoms with van der Waals surface area (Å²) in [5.41, 5.74) is 1.90. The molecule has 0 spiro atoms. The lowest BCUT2D eigenvalue weighted by molar-refractivity contribution is -0.137. The van der Waals surface area contributed by atoms with Crippen LogP contribution in [0.1, 0.15) is 26.2 Å². The second-order valence-corrected chi connectivity index (χ2v) is 3.33. The molecule has 2 aromatic rings. The molecule has 16 heavy (non-hydrogen) atoms. The maximum Gasteiger partial charge on any atom is 0.303 e. The first-order valence-corrected chi connectivity index (χ1v) is 5.21. The molecule has 0 saturated heterocycles. The number of hydrogen-bond donors (Lipinski definition) is 2. The van der Waals surface area contributed by atoms with E-state index in [1.54, 1.807) is 0 Å². The van der Waals surface area contributed by atoms with Gasteiger partial charge in [0, 0.05) is 6.42 Å². The Morgan fingerprint density at radius 1 is 1.44 bits per heavy atom. The van der Waals surface area contributed by atoms with E-state index in [0.717, 1.165) is 23.9 Å². The highest BCUT2D eigenvalue weighted by atomic mass is 16.4. The van der Waals surface area contributed by atoms with Gasteiger partial charge in [0.15, 0.2) is 0 Å². The molecule has 1 heterocycles. The van der Waals surface area contributed by atoms with Crippen molar-refractivity contribution in [3.8, 4) is 0 Å². The number of carboxylic acids is 1. The van der Waals surface area contributed by atoms with Crippen molar-refractivity contribution in [1.29, 1.82) is 0 Å². The van der Waals surface area contributed by atoms with E-state index in [1.807, 2.05) is 31.2 Å². The van der Waals surface area contributed by atoms with Crippen molar-refractivity contribution < 1.29 is 9.90 Å². The van der Waals surface area contributed by atoms with E-state index >= 15 is 0 Å². The van der Waals surface area contributed by atoms with Crippen LogP contribution in [0.3, 0.4) is 0 Å². The number of unbranched alkanes of at least 4 members (excludes halogenated alkanes) is 1. The number of H-pyrrole nitrogens is 1. The normalized spacial score (nSPS) is 9.56. The summed E-state index contributed by atoms with van der Waals surface area (Å²) in [5.74, 6) is -0.693. The van der Waals surface area contributed by atoms with Crippen molar-refractivity contribution in [3.05, 3.63) is 24.3 Å². The number of fused-ring (bicyclic) bond motifs is 1. The first kappa shape index (κ1) is 12.2. The Morgan fingerprint density at radius 3 is 2.75 bits per heavy atom. The van der Waals surface area contributed by atoms with E-state index in [2.05, 4.69) is 15.4 Å². The molecule has 0 bridgehead atoms. The van der Waals surface area contributed by atoms with Crippen LogP contribution in [0.2, 0.25) is 0 Å². The minimum Gasteiger partial charge on any atom is -0.481 e. The van der Waals surface area contributed by atoms with Gasteiger partial charge in [-0.2, -0.15) is 0 Å². The van der Waals surface area contributed by atoms with E-state index < -0.39 is 5.97 Å². The lowest BCUT2D eigenvalue weighted by Gasteiger charge is -1.85. The number of rotatable bonds is 3. The fourth-order valence-corrected chi connectivity index (χ4v) is 1.12. The average molecular weight is 221 g/mol. The van der Waals surface area contributed by atoms with Crippen LogP contribution >= 0.6 is 0 Å². The van der Waals surface area contributed by atoms with Gasteiger partial charge in [-0.05, 0) is 18.6 Å². The lowest BCUT2D eigenvalue weighted by Crippen LogP contribution is -1.91. The molecule has 0 aliphatic heterocycles. The third-order valence-electron chi connectivity index (χ3n) is 1.98. The summed E-state index contributed by atoms with van der Waals surface area (Å²) in [5, 5.41) is 18.2. The molecule has 0 unspecified atom stereocenters. The van der Waals surface area contributed by atoms with E-state index in [4.69, 9.17) is 5.11 Å². The Bertz CT molecular complexity index is 409. The molecule has 1 aromatic carbocycles. The summed E-state index contributed by atoms with van der Waals surface area (Å²) >= 11 is 0. The van der Waals surface area contributed by atoms with Crippen molar-refractivity contribution >= 4 is 17.0 Å². The van der Waals surface area contributed by atoms with Gasteiger partial charge in [-0.1, -0.05) is 30.7 Å². The summed E-state index contributed by atoms with van der Waals surface area (Å²) in [6, 6.07) is 7.74. The Balaban J connectivity index is 0.000000168. The molecule has 1 aromatic heterocycles. The molecular formula is C11H15N3O2. The fraction of sp³-hybridized carbons (Fsp3) is 0.364. The number of nitrogens with zero attached hydrogens (tertiary/aromatic N) is 2. The number of aromatic amines is 1. The van der Waals surface area contributed by atoms with Crippen LogP contribution in [-0.4, -0.2) is 26.5 Å². The quantitative estimate of drug-likeness (QED) is 0.832. The number of carboxylic acid groups (broad SMARTS) is 1. The third kappa shape index (κ3) is 4.08. The van der Waals surface area contributed by atoms with E-state index in [0.29, 0.717) is 6.42 Å². The smallest absolute Gasteiger partial charge is 0.303 e. The highest BCUT2D eigenvalue weighted by molar-refractivity contribution is 5.72. The number of nitrogens with one attached hydrogen (secondary N) is 1. The van der Waals surface area contributed by atoms with Crippen LogP contribution in [0, 0.1) is 0 Å². The second kappa shape index (κ2) is 6.55. The summed E-state index contributed by atoms with van der Waals surface area (Å²) in [4.78, 5) is 9.76. The van der Waals surface area contributed by atoms with Crippen molar-refractivity contribution in [2.75, 3.05) is 0 Å². The van der Waals surface area contributed by atoms with Crippen molar-refractivity contribution in [1.82, 2.24) is 15.4 Å². The molecule has 2 N–H and O–H groups in total. The summed E-state index contributed by atoms with van der Waals surface area (Å²) in [6.07, 6.45) is 2.08. The van der Waals surface area contributed by atoms with Gasteiger partial charge in [0.25, 0.3) is 0 Å². The maximum absolute atomic E-state index is 9.76. The Labute approximate surface area is 93.5 Å². The monoisotopic (exact) mass is 221 g/mol. The molecule has 5 nitrogen and oxygen atoms in total. The molecule has 86 valence electrons. The number of para-hydroxylation sites is 1. The molecule has 0 radical (unpaired) electrons. The van der Waals surface area contributed by atoms with E-state index in [9.17, 15) is 4.79 Å². The number of aliphatic carboxylic acids is 1. The standard InChI is InChI=1S/C6H5N3.C5H10O2/c1-2-4-6-5(3-1)7-9-8-6;1-2-3-4-5(6)7/h1-4H,(H,7,8,9);2-4H2,1H3,(H,6,7). The van der Waals surface area contributed by atoms with Gasteiger partial charge >= 0.3 is 5.97 Å². The highest BCUT2D eigenvalue weighted by Gasteiger charge is 1.91. The predicted octanol–water partition coefficient (Wildman–Crippen LogP) is 2.22. The van der Waals surface area contributed by atoms with Gasteiger partial charge in [-0.3, -0.25) is 9.89 Å². The topological polar surface area (TPSA) is 78.9 Å². The molecule has 2 rings (SSSR count). The zero-order valence-corrected chi connectivity index (χ0v) is 9.18. The number of carbonyl (C=O) groups is 1. The third-order valence-corrected chi connectivity index (χ3v) is 1.98. The molecule has 0 aliphatic rings. The number of aromatic nitrogens is 3. The molecule has 0 atom stereocenters. The molecule has 0 aliphatic carbocycles. The highest BCUT2D eigenvalue weighted by Crippen LogP contribution is 2.03. The van der Waals surface area contributed by atoms with Crippen molar-refractivity contribution in [3.63, 3.8) is 0 Å². The SMILES string of the molecule is CCCCC(=O)O.c1ccc2[nH]nnc2c1. The van der Waals surface area contributed by atoms with Gasteiger partial charge in [0.05, 0.1) is 5.52 Å². The van der Waals surface area contributed by atoms with Gasteiger partial charge in [0.2, 0.25) is 0 Å². The van der Waals surface area contributed by atoms with Crippen LogP contribution in [0.4, 0.5) is 0 Å².